The molecule has 1 N–H and O–H groups in total. The van der Waals surface area contributed by atoms with Crippen molar-refractivity contribution in [2.24, 2.45) is 0 Å². The van der Waals surface area contributed by atoms with Gasteiger partial charge in [-0.05, 0) is 35.9 Å². The van der Waals surface area contributed by atoms with Crippen LogP contribution >= 0.6 is 22.9 Å². The molecule has 4 aromatic rings. The van der Waals surface area contributed by atoms with Gasteiger partial charge in [-0.2, -0.15) is 0 Å². The van der Waals surface area contributed by atoms with Crippen LogP contribution in [-0.2, 0) is 0 Å². The smallest absolute Gasteiger partial charge is 0.259 e. The van der Waals surface area contributed by atoms with Crippen LogP contribution in [0.1, 0.15) is 10.4 Å². The Hall–Kier alpha value is -2.64. The van der Waals surface area contributed by atoms with E-state index in [1.54, 1.807) is 29.9 Å². The molecule has 6 nitrogen and oxygen atoms in total. The number of nitrogens with one attached hydrogen (secondary N) is 1. The Morgan fingerprint density at radius 3 is 2.96 bits per heavy atom. The first-order valence-electron chi connectivity index (χ1n) is 6.63. The Labute approximate surface area is 139 Å². The summed E-state index contributed by atoms with van der Waals surface area (Å²) in [5.74, 6) is 0.164. The summed E-state index contributed by atoms with van der Waals surface area (Å²) in [7, 11) is 0. The number of rotatable bonds is 2. The number of hydrogen-bond donors (Lipinski definition) is 1. The number of fused-ring (bicyclic) bond motifs is 2. The van der Waals surface area contributed by atoms with Crippen molar-refractivity contribution in [1.82, 2.24) is 19.9 Å². The van der Waals surface area contributed by atoms with Crippen molar-refractivity contribution in [3.05, 3.63) is 52.9 Å². The summed E-state index contributed by atoms with van der Waals surface area (Å²) in [6.45, 7) is 0. The number of pyridine rings is 2. The molecule has 8 heteroatoms. The van der Waals surface area contributed by atoms with Gasteiger partial charge in [0.2, 0.25) is 5.28 Å². The first-order valence-corrected chi connectivity index (χ1v) is 7.89. The van der Waals surface area contributed by atoms with Gasteiger partial charge in [-0.3, -0.25) is 9.78 Å². The lowest BCUT2D eigenvalue weighted by molar-refractivity contribution is 0.102. The minimum atomic E-state index is -0.290. The maximum atomic E-state index is 12.5. The summed E-state index contributed by atoms with van der Waals surface area (Å²) in [6, 6.07) is 7.16. The van der Waals surface area contributed by atoms with Crippen molar-refractivity contribution < 1.29 is 4.79 Å². The van der Waals surface area contributed by atoms with E-state index in [2.05, 4.69) is 25.3 Å². The number of carbonyl (C=O) groups excluding carboxylic acids is 1. The van der Waals surface area contributed by atoms with E-state index in [1.165, 1.54) is 11.3 Å². The molecule has 0 unspecified atom stereocenters. The summed E-state index contributed by atoms with van der Waals surface area (Å²) in [5, 5.41) is 4.61. The van der Waals surface area contributed by atoms with Crippen LogP contribution in [0.3, 0.4) is 0 Å². The number of amides is 1. The van der Waals surface area contributed by atoms with Crippen LogP contribution in [0.4, 0.5) is 5.82 Å². The van der Waals surface area contributed by atoms with Crippen LogP contribution in [0.15, 0.2) is 42.0 Å². The Kier molecular flexibility index (Phi) is 3.36. The number of hydrogen-bond acceptors (Lipinski definition) is 6. The molecule has 0 bridgehead atoms. The fourth-order valence-corrected chi connectivity index (χ4v) is 3.16. The van der Waals surface area contributed by atoms with E-state index < -0.39 is 0 Å². The van der Waals surface area contributed by atoms with Crippen LogP contribution < -0.4 is 5.32 Å². The van der Waals surface area contributed by atoms with Gasteiger partial charge in [0.05, 0.1) is 26.8 Å². The molecular formula is C15H8ClN5OS. The molecule has 1 amide bonds. The van der Waals surface area contributed by atoms with E-state index in [0.717, 1.165) is 10.2 Å². The van der Waals surface area contributed by atoms with Gasteiger partial charge in [0.1, 0.15) is 5.82 Å². The number of nitrogens with zero attached hydrogens (tertiary/aromatic N) is 4. The molecule has 23 heavy (non-hydrogen) atoms. The standard InChI is InChI=1S/C15H8ClN5OS/c16-15-18-6-11-13(21-15)8(7-23-11)14(22)20-12-4-3-9-10(19-12)2-1-5-17-9/h1-7H,(H,19,20,22). The van der Waals surface area contributed by atoms with Crippen molar-refractivity contribution in [3.8, 4) is 0 Å². The number of halogens is 1. The lowest BCUT2D eigenvalue weighted by atomic mass is 10.2. The zero-order valence-electron chi connectivity index (χ0n) is 11.5. The van der Waals surface area contributed by atoms with Gasteiger partial charge in [0, 0.05) is 17.8 Å². The van der Waals surface area contributed by atoms with Gasteiger partial charge in [-0.15, -0.1) is 11.3 Å². The molecule has 4 rings (SSSR count). The van der Waals surface area contributed by atoms with Gasteiger partial charge < -0.3 is 5.32 Å². The molecule has 4 aromatic heterocycles. The minimum Gasteiger partial charge on any atom is -0.306 e. The number of carbonyl (C=O) groups is 1. The van der Waals surface area contributed by atoms with E-state index in [-0.39, 0.29) is 11.2 Å². The van der Waals surface area contributed by atoms with E-state index >= 15 is 0 Å². The molecule has 0 radical (unpaired) electrons. The first kappa shape index (κ1) is 14.0. The summed E-state index contributed by atoms with van der Waals surface area (Å²) in [5.41, 5.74) is 2.47. The van der Waals surface area contributed by atoms with Crippen molar-refractivity contribution in [1.29, 1.82) is 0 Å². The molecule has 0 saturated carbocycles. The second-order valence-electron chi connectivity index (χ2n) is 4.69. The highest BCUT2D eigenvalue weighted by molar-refractivity contribution is 7.17. The van der Waals surface area contributed by atoms with Gasteiger partial charge >= 0.3 is 0 Å². The third-order valence-electron chi connectivity index (χ3n) is 3.23. The van der Waals surface area contributed by atoms with Gasteiger partial charge in [0.15, 0.2) is 0 Å². The predicted octanol–water partition coefficient (Wildman–Crippen LogP) is 3.54. The van der Waals surface area contributed by atoms with E-state index in [4.69, 9.17) is 11.6 Å². The summed E-state index contributed by atoms with van der Waals surface area (Å²) >= 11 is 7.20. The Balaban J connectivity index is 1.69. The number of anilines is 1. The molecule has 0 spiro atoms. The number of thiophene rings is 1. The Morgan fingerprint density at radius 2 is 2.04 bits per heavy atom. The fraction of sp³-hybridized carbons (Fsp3) is 0. The lowest BCUT2D eigenvalue weighted by Crippen LogP contribution is -2.12. The fourth-order valence-electron chi connectivity index (χ4n) is 2.18. The summed E-state index contributed by atoms with van der Waals surface area (Å²) < 4.78 is 0.801. The molecular weight excluding hydrogens is 334 g/mol. The summed E-state index contributed by atoms with van der Waals surface area (Å²) in [4.78, 5) is 29.1. The normalized spacial score (nSPS) is 11.0. The molecule has 0 atom stereocenters. The Morgan fingerprint density at radius 1 is 1.13 bits per heavy atom. The Bertz CT molecular complexity index is 1050. The summed E-state index contributed by atoms with van der Waals surface area (Å²) in [6.07, 6.45) is 3.30. The molecule has 4 heterocycles. The first-order chi connectivity index (χ1) is 11.2. The highest BCUT2D eigenvalue weighted by Crippen LogP contribution is 2.25. The zero-order chi connectivity index (χ0) is 15.8. The van der Waals surface area contributed by atoms with Gasteiger partial charge in [-0.1, -0.05) is 0 Å². The third-order valence-corrected chi connectivity index (χ3v) is 4.32. The van der Waals surface area contributed by atoms with E-state index in [1.807, 2.05) is 12.1 Å². The van der Waals surface area contributed by atoms with Gasteiger partial charge in [0.25, 0.3) is 5.91 Å². The quantitative estimate of drug-likeness (QED) is 0.564. The van der Waals surface area contributed by atoms with E-state index in [0.29, 0.717) is 22.4 Å². The van der Waals surface area contributed by atoms with Crippen molar-refractivity contribution in [2.45, 2.75) is 0 Å². The largest absolute Gasteiger partial charge is 0.306 e. The van der Waals surface area contributed by atoms with Crippen molar-refractivity contribution in [3.63, 3.8) is 0 Å². The van der Waals surface area contributed by atoms with Crippen LogP contribution in [0, 0.1) is 0 Å². The van der Waals surface area contributed by atoms with Crippen molar-refractivity contribution in [2.75, 3.05) is 5.32 Å². The van der Waals surface area contributed by atoms with Gasteiger partial charge in [-0.25, -0.2) is 15.0 Å². The SMILES string of the molecule is O=C(Nc1ccc2ncccc2n1)c1csc2cnc(Cl)nc12. The highest BCUT2D eigenvalue weighted by Gasteiger charge is 2.15. The zero-order valence-corrected chi connectivity index (χ0v) is 13.1. The molecule has 112 valence electrons. The average molecular weight is 342 g/mol. The third kappa shape index (κ3) is 2.60. The van der Waals surface area contributed by atoms with Crippen LogP contribution in [-0.4, -0.2) is 25.8 Å². The second kappa shape index (κ2) is 5.53. The minimum absolute atomic E-state index is 0.111. The van der Waals surface area contributed by atoms with E-state index in [9.17, 15) is 4.79 Å². The van der Waals surface area contributed by atoms with Crippen molar-refractivity contribution >= 4 is 55.9 Å². The monoisotopic (exact) mass is 341 g/mol. The maximum absolute atomic E-state index is 12.5. The molecule has 0 aromatic carbocycles. The van der Waals surface area contributed by atoms with Crippen LogP contribution in [0.2, 0.25) is 5.28 Å². The van der Waals surface area contributed by atoms with Crippen LogP contribution in [0.5, 0.6) is 0 Å². The highest BCUT2D eigenvalue weighted by atomic mass is 35.5. The van der Waals surface area contributed by atoms with Crippen LogP contribution in [0.25, 0.3) is 21.3 Å². The molecule has 0 aliphatic carbocycles. The molecule has 0 saturated heterocycles. The lowest BCUT2D eigenvalue weighted by Gasteiger charge is -2.04. The topological polar surface area (TPSA) is 80.7 Å². The molecule has 0 aliphatic heterocycles. The molecule has 0 aliphatic rings. The molecule has 0 fully saturated rings. The number of aromatic nitrogens is 4. The maximum Gasteiger partial charge on any atom is 0.259 e. The average Bonchev–Trinajstić information content (AvgIpc) is 2.98. The second-order valence-corrected chi connectivity index (χ2v) is 5.94. The predicted molar refractivity (Wildman–Crippen MR) is 89.9 cm³/mol.